The normalized spacial score (nSPS) is 17.9. The molecule has 230 valence electrons. The van der Waals surface area contributed by atoms with Crippen LogP contribution in [0.5, 0.6) is 11.5 Å². The molecular weight excluding hydrogens is 616 g/mol. The SMILES string of the molecule is Cc1cc(Cl)c(OCCOc2ccc(C(=O)N[C@H]3CCNCC3C(=O)N(Cc3ccccc3F)C3CC3)cc2)c(Cl)c1.Cl. The largest absolute Gasteiger partial charge is 0.490 e. The Bertz CT molecular complexity index is 1400. The number of halogens is 4. The fourth-order valence-electron chi connectivity index (χ4n) is 5.17. The highest BCUT2D eigenvalue weighted by Gasteiger charge is 2.40. The molecule has 0 aromatic heterocycles. The predicted octanol–water partition coefficient (Wildman–Crippen LogP) is 6.22. The number of benzene rings is 3. The number of hydrogen-bond acceptors (Lipinski definition) is 5. The third-order valence-electron chi connectivity index (χ3n) is 7.54. The lowest BCUT2D eigenvalue weighted by molar-refractivity contribution is -0.138. The molecule has 7 nitrogen and oxygen atoms in total. The van der Waals surface area contributed by atoms with Crippen molar-refractivity contribution in [1.29, 1.82) is 0 Å². The van der Waals surface area contributed by atoms with Gasteiger partial charge in [0.2, 0.25) is 5.91 Å². The summed E-state index contributed by atoms with van der Waals surface area (Å²) in [5.74, 6) is -0.0697. The standard InChI is InChI=1S/C32H34Cl2FN3O4.ClH/c1-20-16-26(33)30(27(34)17-20)42-15-14-41-24-10-6-21(7-11-24)31(39)37-29-12-13-36-18-25(29)32(40)38(23-8-9-23)19-22-4-2-3-5-28(22)35;/h2-7,10-11,16-17,23,25,29,36H,8-9,12-15,18-19H2,1H3,(H,37,39);1H/t25?,29-;/m0./s1. The summed E-state index contributed by atoms with van der Waals surface area (Å²) in [6.07, 6.45) is 2.44. The van der Waals surface area contributed by atoms with Gasteiger partial charge in [-0.05, 0) is 80.8 Å². The van der Waals surface area contributed by atoms with Gasteiger partial charge in [0, 0.05) is 36.3 Å². The topological polar surface area (TPSA) is 79.9 Å². The number of piperidine rings is 1. The van der Waals surface area contributed by atoms with Crippen LogP contribution in [0.25, 0.3) is 0 Å². The Kier molecular flexibility index (Phi) is 11.5. The van der Waals surface area contributed by atoms with Crippen molar-refractivity contribution in [1.82, 2.24) is 15.5 Å². The first kappa shape index (κ1) is 32.9. The molecule has 1 saturated carbocycles. The van der Waals surface area contributed by atoms with Gasteiger partial charge in [-0.2, -0.15) is 0 Å². The van der Waals surface area contributed by atoms with Crippen LogP contribution in [0.4, 0.5) is 4.39 Å². The van der Waals surface area contributed by atoms with E-state index >= 15 is 0 Å². The number of rotatable bonds is 11. The number of nitrogens with one attached hydrogen (secondary N) is 2. The molecule has 1 aliphatic carbocycles. The molecule has 43 heavy (non-hydrogen) atoms. The van der Waals surface area contributed by atoms with Gasteiger partial charge in [-0.25, -0.2) is 4.39 Å². The maximum atomic E-state index is 14.4. The lowest BCUT2D eigenvalue weighted by Crippen LogP contribution is -2.55. The Hall–Kier alpha value is -3.04. The Balaban J connectivity index is 0.00000423. The molecule has 0 spiro atoms. The van der Waals surface area contributed by atoms with Crippen LogP contribution in [0.1, 0.15) is 40.7 Å². The lowest BCUT2D eigenvalue weighted by atomic mass is 9.91. The summed E-state index contributed by atoms with van der Waals surface area (Å²) >= 11 is 12.4. The monoisotopic (exact) mass is 649 g/mol. The Morgan fingerprint density at radius 1 is 1.00 bits per heavy atom. The fourth-order valence-corrected chi connectivity index (χ4v) is 5.87. The molecular formula is C32H35Cl3FN3O4. The third-order valence-corrected chi connectivity index (χ3v) is 8.10. The van der Waals surface area contributed by atoms with Crippen LogP contribution < -0.4 is 20.1 Å². The Morgan fingerprint density at radius 2 is 1.67 bits per heavy atom. The summed E-state index contributed by atoms with van der Waals surface area (Å²) in [4.78, 5) is 28.6. The lowest BCUT2D eigenvalue weighted by Gasteiger charge is -2.36. The molecule has 1 aliphatic heterocycles. The molecule has 2 fully saturated rings. The van der Waals surface area contributed by atoms with E-state index in [1.165, 1.54) is 6.07 Å². The highest BCUT2D eigenvalue weighted by molar-refractivity contribution is 6.37. The number of hydrogen-bond donors (Lipinski definition) is 2. The number of carbonyl (C=O) groups excluding carboxylic acids is 2. The van der Waals surface area contributed by atoms with Gasteiger partial charge in [-0.1, -0.05) is 41.4 Å². The Labute approximate surface area is 267 Å². The summed E-state index contributed by atoms with van der Waals surface area (Å²) < 4.78 is 25.8. The van der Waals surface area contributed by atoms with Crippen molar-refractivity contribution >= 4 is 47.4 Å². The van der Waals surface area contributed by atoms with Crippen LogP contribution in [0, 0.1) is 18.7 Å². The first-order chi connectivity index (χ1) is 20.3. The molecule has 0 bridgehead atoms. The van der Waals surface area contributed by atoms with Crippen molar-refractivity contribution in [2.24, 2.45) is 5.92 Å². The average molecular weight is 651 g/mol. The van der Waals surface area contributed by atoms with Crippen LogP contribution in [0.15, 0.2) is 60.7 Å². The molecule has 1 heterocycles. The first-order valence-corrected chi connectivity index (χ1v) is 14.9. The molecule has 3 aromatic rings. The summed E-state index contributed by atoms with van der Waals surface area (Å²) in [5, 5.41) is 7.24. The summed E-state index contributed by atoms with van der Waals surface area (Å²) in [6, 6.07) is 16.7. The van der Waals surface area contributed by atoms with E-state index in [9.17, 15) is 14.0 Å². The van der Waals surface area contributed by atoms with Crippen LogP contribution in [0.3, 0.4) is 0 Å². The highest BCUT2D eigenvalue weighted by Crippen LogP contribution is 2.34. The van der Waals surface area contributed by atoms with Crippen molar-refractivity contribution in [2.75, 3.05) is 26.3 Å². The van der Waals surface area contributed by atoms with E-state index in [0.717, 1.165) is 18.4 Å². The van der Waals surface area contributed by atoms with Gasteiger partial charge < -0.3 is 25.0 Å². The average Bonchev–Trinajstić information content (AvgIpc) is 3.81. The van der Waals surface area contributed by atoms with Gasteiger partial charge in [-0.15, -0.1) is 12.4 Å². The summed E-state index contributed by atoms with van der Waals surface area (Å²) in [7, 11) is 0. The zero-order chi connectivity index (χ0) is 29.6. The minimum absolute atomic E-state index is 0. The van der Waals surface area contributed by atoms with Crippen molar-refractivity contribution in [3.63, 3.8) is 0 Å². The second-order valence-electron chi connectivity index (χ2n) is 10.7. The minimum Gasteiger partial charge on any atom is -0.490 e. The molecule has 2 N–H and O–H groups in total. The van der Waals surface area contributed by atoms with E-state index in [2.05, 4.69) is 10.6 Å². The molecule has 5 rings (SSSR count). The van der Waals surface area contributed by atoms with Crippen LogP contribution >= 0.6 is 35.6 Å². The number of amides is 2. The molecule has 1 saturated heterocycles. The van der Waals surface area contributed by atoms with Gasteiger partial charge in [0.05, 0.1) is 16.0 Å². The van der Waals surface area contributed by atoms with E-state index in [4.69, 9.17) is 32.7 Å². The number of aryl methyl sites for hydroxylation is 1. The number of ether oxygens (including phenoxy) is 2. The summed E-state index contributed by atoms with van der Waals surface area (Å²) in [6.45, 7) is 3.78. The van der Waals surface area contributed by atoms with Crippen LogP contribution in [-0.2, 0) is 11.3 Å². The fraction of sp³-hybridized carbons (Fsp3) is 0.375. The first-order valence-electron chi connectivity index (χ1n) is 14.2. The van der Waals surface area contributed by atoms with E-state index in [-0.39, 0.29) is 61.9 Å². The Morgan fingerprint density at radius 3 is 2.35 bits per heavy atom. The highest BCUT2D eigenvalue weighted by atomic mass is 35.5. The van der Waals surface area contributed by atoms with E-state index in [0.29, 0.717) is 52.2 Å². The zero-order valence-electron chi connectivity index (χ0n) is 23.8. The van der Waals surface area contributed by atoms with E-state index < -0.39 is 5.92 Å². The maximum Gasteiger partial charge on any atom is 0.251 e. The predicted molar refractivity (Wildman–Crippen MR) is 168 cm³/mol. The smallest absolute Gasteiger partial charge is 0.251 e. The quantitative estimate of drug-likeness (QED) is 0.241. The van der Waals surface area contributed by atoms with Crippen molar-refractivity contribution < 1.29 is 23.5 Å². The van der Waals surface area contributed by atoms with Gasteiger partial charge >= 0.3 is 0 Å². The van der Waals surface area contributed by atoms with Crippen molar-refractivity contribution in [3.05, 3.63) is 93.2 Å². The number of carbonyl (C=O) groups is 2. The van der Waals surface area contributed by atoms with Gasteiger partial charge in [0.1, 0.15) is 24.8 Å². The van der Waals surface area contributed by atoms with E-state index in [1.807, 2.05) is 6.92 Å². The van der Waals surface area contributed by atoms with Crippen LogP contribution in [-0.4, -0.2) is 55.1 Å². The van der Waals surface area contributed by atoms with Crippen molar-refractivity contribution in [2.45, 2.75) is 44.8 Å². The molecule has 0 radical (unpaired) electrons. The molecule has 1 unspecified atom stereocenters. The van der Waals surface area contributed by atoms with Crippen molar-refractivity contribution in [3.8, 4) is 11.5 Å². The van der Waals surface area contributed by atoms with Gasteiger partial charge in [-0.3, -0.25) is 9.59 Å². The van der Waals surface area contributed by atoms with Gasteiger partial charge in [0.25, 0.3) is 5.91 Å². The third kappa shape index (κ3) is 8.54. The zero-order valence-corrected chi connectivity index (χ0v) is 26.1. The molecule has 11 heteroatoms. The van der Waals surface area contributed by atoms with Gasteiger partial charge in [0.15, 0.2) is 5.75 Å². The number of nitrogens with zero attached hydrogens (tertiary/aromatic N) is 1. The summed E-state index contributed by atoms with van der Waals surface area (Å²) in [5.41, 5.74) is 1.91. The minimum atomic E-state index is -0.437. The molecule has 3 aromatic carbocycles. The second kappa shape index (κ2) is 15.1. The molecule has 2 aliphatic rings. The molecule has 2 atom stereocenters. The maximum absolute atomic E-state index is 14.4. The van der Waals surface area contributed by atoms with E-state index in [1.54, 1.807) is 59.5 Å². The molecule has 2 amide bonds. The second-order valence-corrected chi connectivity index (χ2v) is 11.6. The van der Waals surface area contributed by atoms with Crippen LogP contribution in [0.2, 0.25) is 10.0 Å².